The Kier molecular flexibility index (Phi) is 11.0. The van der Waals surface area contributed by atoms with E-state index in [1.165, 1.54) is 0 Å². The average Bonchev–Trinajstić information content (AvgIpc) is 3.24. The van der Waals surface area contributed by atoms with E-state index in [4.69, 9.17) is 20.7 Å². The van der Waals surface area contributed by atoms with Crippen LogP contribution in [0.15, 0.2) is 42.5 Å². The van der Waals surface area contributed by atoms with Crippen LogP contribution >= 0.6 is 11.3 Å². The van der Waals surface area contributed by atoms with Crippen molar-refractivity contribution >= 4 is 35.1 Å². The Morgan fingerprint density at radius 1 is 0.970 bits per heavy atom. The number of hydrogen-bond acceptors (Lipinski definition) is 6. The molecular weight excluding hydrogens is 467 g/mol. The first-order valence-electron chi connectivity index (χ1n) is 9.41. The lowest BCUT2D eigenvalue weighted by atomic mass is 10.0. The van der Waals surface area contributed by atoms with Gasteiger partial charge in [0.25, 0.3) is 11.8 Å². The van der Waals surface area contributed by atoms with Gasteiger partial charge in [-0.15, -0.1) is 11.3 Å². The molecule has 6 N–H and O–H groups in total. The Bertz CT molecular complexity index is 950. The van der Waals surface area contributed by atoms with E-state index in [1.807, 2.05) is 6.07 Å². The van der Waals surface area contributed by atoms with Crippen molar-refractivity contribution in [2.24, 2.45) is 5.73 Å². The minimum Gasteiger partial charge on any atom is -0.481 e. The number of hydrogen-bond donors (Lipinski definition) is 5. The highest BCUT2D eigenvalue weighted by molar-refractivity contribution is 7.15. The van der Waals surface area contributed by atoms with Gasteiger partial charge in [0, 0.05) is 6.54 Å². The molecule has 0 saturated carbocycles. The number of nitrogens with one attached hydrogen (secondary N) is 2. The third kappa shape index (κ3) is 10.1. The molecule has 0 bridgehead atoms. The SMILES string of the molecule is NCCCNC(=O)c1ccc(C(=O)NC(CC(=O)O)c2ccccc2)s1.O=C(O)C(F)(F)F. The fraction of sp³-hybridized carbons (Fsp3) is 0.300. The molecule has 1 unspecified atom stereocenters. The molecular formula is C20H22F3N3O6S. The maximum Gasteiger partial charge on any atom is 0.490 e. The van der Waals surface area contributed by atoms with Crippen LogP contribution in [0.1, 0.15) is 43.8 Å². The quantitative estimate of drug-likeness (QED) is 0.338. The molecule has 1 atom stereocenters. The van der Waals surface area contributed by atoms with Crippen molar-refractivity contribution in [2.75, 3.05) is 13.1 Å². The normalized spacial score (nSPS) is 11.5. The predicted molar refractivity (Wildman–Crippen MR) is 113 cm³/mol. The molecule has 180 valence electrons. The number of carboxylic acid groups (broad SMARTS) is 2. The number of benzene rings is 1. The number of alkyl halides is 3. The van der Waals surface area contributed by atoms with E-state index >= 15 is 0 Å². The van der Waals surface area contributed by atoms with Gasteiger partial charge in [-0.3, -0.25) is 14.4 Å². The van der Waals surface area contributed by atoms with E-state index < -0.39 is 30.1 Å². The first kappa shape index (κ1) is 27.6. The number of halogens is 3. The molecule has 2 rings (SSSR count). The number of carboxylic acids is 2. The van der Waals surface area contributed by atoms with Gasteiger partial charge in [0.1, 0.15) is 0 Å². The van der Waals surface area contributed by atoms with Gasteiger partial charge in [0.15, 0.2) is 0 Å². The largest absolute Gasteiger partial charge is 0.490 e. The van der Waals surface area contributed by atoms with Gasteiger partial charge in [0.2, 0.25) is 0 Å². The molecule has 1 aromatic heterocycles. The van der Waals surface area contributed by atoms with Gasteiger partial charge in [0.05, 0.1) is 22.2 Å². The molecule has 0 spiro atoms. The Morgan fingerprint density at radius 2 is 1.52 bits per heavy atom. The van der Waals surface area contributed by atoms with Crippen LogP contribution in [-0.4, -0.2) is 53.2 Å². The van der Waals surface area contributed by atoms with Crippen LogP contribution in [0.2, 0.25) is 0 Å². The maximum absolute atomic E-state index is 12.5. The summed E-state index contributed by atoms with van der Waals surface area (Å²) in [7, 11) is 0. The van der Waals surface area contributed by atoms with Crippen LogP contribution in [0, 0.1) is 0 Å². The maximum atomic E-state index is 12.5. The number of nitrogens with two attached hydrogens (primary N) is 1. The van der Waals surface area contributed by atoms with Gasteiger partial charge < -0.3 is 26.6 Å². The molecule has 0 aliphatic rings. The number of carbonyl (C=O) groups is 4. The van der Waals surface area contributed by atoms with Crippen molar-refractivity contribution in [3.8, 4) is 0 Å². The third-order valence-electron chi connectivity index (χ3n) is 3.85. The van der Waals surface area contributed by atoms with Crippen LogP contribution in [0.4, 0.5) is 13.2 Å². The summed E-state index contributed by atoms with van der Waals surface area (Å²) in [6, 6.07) is 11.4. The molecule has 0 radical (unpaired) electrons. The lowest BCUT2D eigenvalue weighted by Crippen LogP contribution is -2.29. The Balaban J connectivity index is 0.000000675. The zero-order valence-electron chi connectivity index (χ0n) is 17.1. The molecule has 0 fully saturated rings. The molecule has 33 heavy (non-hydrogen) atoms. The van der Waals surface area contributed by atoms with Gasteiger partial charge >= 0.3 is 18.1 Å². The van der Waals surface area contributed by atoms with E-state index in [1.54, 1.807) is 36.4 Å². The topological polar surface area (TPSA) is 159 Å². The minimum atomic E-state index is -5.08. The highest BCUT2D eigenvalue weighted by Crippen LogP contribution is 2.21. The summed E-state index contributed by atoms with van der Waals surface area (Å²) in [6.07, 6.45) is -4.63. The average molecular weight is 489 g/mol. The van der Waals surface area contributed by atoms with Crippen molar-refractivity contribution in [3.63, 3.8) is 0 Å². The fourth-order valence-corrected chi connectivity index (χ4v) is 3.14. The van der Waals surface area contributed by atoms with Crippen LogP contribution in [-0.2, 0) is 9.59 Å². The van der Waals surface area contributed by atoms with Crippen LogP contribution in [0.3, 0.4) is 0 Å². The first-order valence-corrected chi connectivity index (χ1v) is 10.2. The van der Waals surface area contributed by atoms with E-state index in [0.29, 0.717) is 34.8 Å². The molecule has 9 nitrogen and oxygen atoms in total. The summed E-state index contributed by atoms with van der Waals surface area (Å²) < 4.78 is 31.7. The number of amides is 2. The summed E-state index contributed by atoms with van der Waals surface area (Å²) in [5, 5.41) is 21.7. The highest BCUT2D eigenvalue weighted by Gasteiger charge is 2.38. The summed E-state index contributed by atoms with van der Waals surface area (Å²) in [5.41, 5.74) is 6.09. The number of aliphatic carboxylic acids is 2. The Hall–Kier alpha value is -3.45. The number of carbonyl (C=O) groups excluding carboxylic acids is 2. The van der Waals surface area contributed by atoms with Crippen molar-refractivity contribution in [2.45, 2.75) is 25.1 Å². The first-order chi connectivity index (χ1) is 15.5. The number of thiophene rings is 1. The summed E-state index contributed by atoms with van der Waals surface area (Å²) in [5.74, 6) is -4.43. The van der Waals surface area contributed by atoms with Crippen molar-refractivity contribution < 1.29 is 42.6 Å². The van der Waals surface area contributed by atoms with Gasteiger partial charge in [-0.2, -0.15) is 13.2 Å². The van der Waals surface area contributed by atoms with Gasteiger partial charge in [-0.25, -0.2) is 4.79 Å². The van der Waals surface area contributed by atoms with Gasteiger partial charge in [-0.05, 0) is 30.7 Å². The summed E-state index contributed by atoms with van der Waals surface area (Å²) in [4.78, 5) is 45.2. The standard InChI is InChI=1S/C18H21N3O4S.C2HF3O2/c19-9-4-10-20-17(24)14-7-8-15(26-14)18(25)21-13(11-16(22)23)12-5-2-1-3-6-12;3-2(4,5)1(6)7/h1-3,5-8,13H,4,9-11,19H2,(H,20,24)(H,21,25)(H,22,23);(H,6,7). The van der Waals surface area contributed by atoms with Crippen molar-refractivity contribution in [1.82, 2.24) is 10.6 Å². The second-order valence-corrected chi connectivity index (χ2v) is 7.48. The monoisotopic (exact) mass is 489 g/mol. The molecule has 0 aliphatic carbocycles. The van der Waals surface area contributed by atoms with E-state index in [-0.39, 0.29) is 12.3 Å². The summed E-state index contributed by atoms with van der Waals surface area (Å²) in [6.45, 7) is 0.965. The van der Waals surface area contributed by atoms with Crippen LogP contribution < -0.4 is 16.4 Å². The molecule has 1 heterocycles. The zero-order valence-corrected chi connectivity index (χ0v) is 17.9. The van der Waals surface area contributed by atoms with Crippen molar-refractivity contribution in [1.29, 1.82) is 0 Å². The second-order valence-electron chi connectivity index (χ2n) is 6.40. The van der Waals surface area contributed by atoms with Crippen LogP contribution in [0.5, 0.6) is 0 Å². The van der Waals surface area contributed by atoms with Crippen molar-refractivity contribution in [3.05, 3.63) is 57.8 Å². The highest BCUT2D eigenvalue weighted by atomic mass is 32.1. The lowest BCUT2D eigenvalue weighted by Gasteiger charge is -2.16. The lowest BCUT2D eigenvalue weighted by molar-refractivity contribution is -0.192. The van der Waals surface area contributed by atoms with Gasteiger partial charge in [-0.1, -0.05) is 30.3 Å². The third-order valence-corrected chi connectivity index (χ3v) is 4.93. The Morgan fingerprint density at radius 3 is 2.00 bits per heavy atom. The van der Waals surface area contributed by atoms with E-state index in [0.717, 1.165) is 11.3 Å². The molecule has 2 amide bonds. The van der Waals surface area contributed by atoms with E-state index in [2.05, 4.69) is 10.6 Å². The smallest absolute Gasteiger partial charge is 0.481 e. The fourth-order valence-electron chi connectivity index (χ4n) is 2.31. The zero-order chi connectivity index (χ0) is 25.0. The van der Waals surface area contributed by atoms with E-state index in [9.17, 15) is 27.6 Å². The molecule has 13 heteroatoms. The molecule has 1 aromatic carbocycles. The molecule has 0 saturated heterocycles. The second kappa shape index (κ2) is 13.2. The number of rotatable bonds is 9. The minimum absolute atomic E-state index is 0.229. The van der Waals surface area contributed by atoms with Crippen LogP contribution in [0.25, 0.3) is 0 Å². The Labute approximate surface area is 190 Å². The molecule has 0 aliphatic heterocycles. The molecule has 2 aromatic rings. The summed E-state index contributed by atoms with van der Waals surface area (Å²) >= 11 is 1.06. The predicted octanol–water partition coefficient (Wildman–Crippen LogP) is 2.41.